The number of nitrogens with zero attached hydrogens (tertiary/aromatic N) is 1. The minimum atomic E-state index is 0.0311. The molecule has 4 heteroatoms. The molecular weight excluding hydrogens is 304 g/mol. The molecule has 0 saturated heterocycles. The Morgan fingerprint density at radius 2 is 2.16 bits per heavy atom. The van der Waals surface area contributed by atoms with E-state index < -0.39 is 0 Å². The van der Waals surface area contributed by atoms with E-state index in [2.05, 4.69) is 46.0 Å². The Bertz CT molecular complexity index is 523. The third-order valence-electron chi connectivity index (χ3n) is 3.15. The molecule has 0 aliphatic rings. The van der Waals surface area contributed by atoms with Crippen molar-refractivity contribution < 1.29 is 4.42 Å². The summed E-state index contributed by atoms with van der Waals surface area (Å²) in [5.41, 5.74) is 8.21. The van der Waals surface area contributed by atoms with Crippen LogP contribution in [0.25, 0.3) is 0 Å². The van der Waals surface area contributed by atoms with E-state index >= 15 is 0 Å². The van der Waals surface area contributed by atoms with E-state index in [1.807, 2.05) is 19.1 Å². The van der Waals surface area contributed by atoms with Crippen LogP contribution in [0.4, 0.5) is 5.69 Å². The first-order valence-corrected chi connectivity index (χ1v) is 7.23. The quantitative estimate of drug-likeness (QED) is 0.901. The molecule has 0 spiro atoms. The topological polar surface area (TPSA) is 42.4 Å². The number of nitrogens with two attached hydrogens (primary N) is 1. The Morgan fingerprint density at radius 1 is 1.37 bits per heavy atom. The molecule has 19 heavy (non-hydrogen) atoms. The van der Waals surface area contributed by atoms with Gasteiger partial charge in [0.25, 0.3) is 0 Å². The van der Waals surface area contributed by atoms with Gasteiger partial charge in [0.05, 0.1) is 12.8 Å². The van der Waals surface area contributed by atoms with Crippen LogP contribution in [0.3, 0.4) is 0 Å². The van der Waals surface area contributed by atoms with E-state index in [4.69, 9.17) is 10.2 Å². The number of halogens is 1. The van der Waals surface area contributed by atoms with Gasteiger partial charge < -0.3 is 15.1 Å². The number of hydrogen-bond donors (Lipinski definition) is 1. The van der Waals surface area contributed by atoms with Crippen LogP contribution in [0.1, 0.15) is 31.2 Å². The van der Waals surface area contributed by atoms with Crippen LogP contribution in [0.15, 0.2) is 45.5 Å². The van der Waals surface area contributed by atoms with Gasteiger partial charge in [-0.25, -0.2) is 0 Å². The summed E-state index contributed by atoms with van der Waals surface area (Å²) in [6.07, 6.45) is 1.71. The van der Waals surface area contributed by atoms with Crippen LogP contribution >= 0.6 is 15.9 Å². The fraction of sp³-hybridized carbons (Fsp3) is 0.333. The third kappa shape index (κ3) is 3.39. The van der Waals surface area contributed by atoms with Crippen molar-refractivity contribution in [1.29, 1.82) is 0 Å². The molecule has 2 rings (SSSR count). The molecule has 2 aromatic rings. The maximum Gasteiger partial charge on any atom is 0.123 e. The van der Waals surface area contributed by atoms with E-state index in [0.29, 0.717) is 0 Å². The fourth-order valence-corrected chi connectivity index (χ4v) is 2.79. The Morgan fingerprint density at radius 3 is 2.68 bits per heavy atom. The van der Waals surface area contributed by atoms with E-state index in [-0.39, 0.29) is 6.04 Å². The van der Waals surface area contributed by atoms with Crippen LogP contribution in [-0.2, 0) is 6.54 Å². The van der Waals surface area contributed by atoms with E-state index in [1.165, 1.54) is 0 Å². The van der Waals surface area contributed by atoms with Gasteiger partial charge in [0.1, 0.15) is 5.76 Å². The van der Waals surface area contributed by atoms with Gasteiger partial charge in [-0.2, -0.15) is 0 Å². The third-order valence-corrected chi connectivity index (χ3v) is 3.84. The lowest BCUT2D eigenvalue weighted by atomic mass is 10.1. The van der Waals surface area contributed by atoms with Crippen molar-refractivity contribution in [2.45, 2.75) is 26.4 Å². The summed E-state index contributed by atoms with van der Waals surface area (Å²) in [7, 11) is 0. The maximum atomic E-state index is 5.92. The number of anilines is 1. The average molecular weight is 323 g/mol. The summed E-state index contributed by atoms with van der Waals surface area (Å²) in [6, 6.07) is 10.2. The number of rotatable bonds is 5. The molecule has 2 N–H and O–H groups in total. The van der Waals surface area contributed by atoms with E-state index in [1.54, 1.807) is 6.26 Å². The molecule has 0 aliphatic carbocycles. The van der Waals surface area contributed by atoms with Crippen LogP contribution in [-0.4, -0.2) is 6.54 Å². The van der Waals surface area contributed by atoms with Crippen molar-refractivity contribution in [2.75, 3.05) is 11.4 Å². The normalized spacial score (nSPS) is 12.4. The molecule has 0 unspecified atom stereocenters. The van der Waals surface area contributed by atoms with Crippen molar-refractivity contribution >= 4 is 21.6 Å². The summed E-state index contributed by atoms with van der Waals surface area (Å²) in [4.78, 5) is 2.26. The van der Waals surface area contributed by atoms with Crippen LogP contribution in [0, 0.1) is 0 Å². The highest BCUT2D eigenvalue weighted by atomic mass is 79.9. The zero-order valence-corrected chi connectivity index (χ0v) is 12.9. The van der Waals surface area contributed by atoms with Crippen LogP contribution in [0.5, 0.6) is 0 Å². The molecule has 1 heterocycles. The Balaban J connectivity index is 2.21. The molecule has 1 aromatic heterocycles. The maximum absolute atomic E-state index is 5.92. The average Bonchev–Trinajstić information content (AvgIpc) is 2.88. The number of hydrogen-bond acceptors (Lipinski definition) is 3. The number of furan rings is 1. The van der Waals surface area contributed by atoms with Gasteiger partial charge in [0.15, 0.2) is 0 Å². The summed E-state index contributed by atoms with van der Waals surface area (Å²) in [5, 5.41) is 0. The highest BCUT2D eigenvalue weighted by Gasteiger charge is 2.11. The molecule has 0 aliphatic heterocycles. The van der Waals surface area contributed by atoms with Crippen molar-refractivity contribution in [3.63, 3.8) is 0 Å². The molecule has 0 bridgehead atoms. The predicted octanol–water partition coefficient (Wildman–Crippen LogP) is 4.09. The first-order chi connectivity index (χ1) is 9.11. The van der Waals surface area contributed by atoms with Crippen LogP contribution in [0.2, 0.25) is 0 Å². The predicted molar refractivity (Wildman–Crippen MR) is 82.2 cm³/mol. The van der Waals surface area contributed by atoms with Crippen molar-refractivity contribution in [1.82, 2.24) is 0 Å². The molecular formula is C15H19BrN2O. The van der Waals surface area contributed by atoms with Gasteiger partial charge in [-0.15, -0.1) is 0 Å². The van der Waals surface area contributed by atoms with E-state index in [0.717, 1.165) is 34.6 Å². The lowest BCUT2D eigenvalue weighted by Gasteiger charge is -2.23. The second-order valence-corrected chi connectivity index (χ2v) is 5.44. The van der Waals surface area contributed by atoms with E-state index in [9.17, 15) is 0 Å². The van der Waals surface area contributed by atoms with Gasteiger partial charge in [0, 0.05) is 22.7 Å². The summed E-state index contributed by atoms with van der Waals surface area (Å²) < 4.78 is 6.46. The minimum Gasteiger partial charge on any atom is -0.467 e. The first-order valence-electron chi connectivity index (χ1n) is 6.44. The van der Waals surface area contributed by atoms with Crippen LogP contribution < -0.4 is 10.6 Å². The summed E-state index contributed by atoms with van der Waals surface area (Å²) >= 11 is 3.59. The molecule has 0 fully saturated rings. The molecule has 0 amide bonds. The van der Waals surface area contributed by atoms with Crippen molar-refractivity contribution in [3.8, 4) is 0 Å². The largest absolute Gasteiger partial charge is 0.467 e. The Hall–Kier alpha value is -1.26. The number of benzene rings is 1. The fourth-order valence-electron chi connectivity index (χ4n) is 2.06. The zero-order chi connectivity index (χ0) is 13.8. The Kier molecular flexibility index (Phi) is 4.66. The second-order valence-electron chi connectivity index (χ2n) is 4.59. The van der Waals surface area contributed by atoms with Gasteiger partial charge in [0.2, 0.25) is 0 Å². The summed E-state index contributed by atoms with van der Waals surface area (Å²) in [5.74, 6) is 0.967. The molecule has 1 atom stereocenters. The lowest BCUT2D eigenvalue weighted by molar-refractivity contribution is 0.503. The standard InChI is InChI=1S/C15H19BrN2O/c1-3-18(10-13-5-4-8-19-13)12-6-7-14(11(2)17)15(16)9-12/h4-9,11H,3,10,17H2,1-2H3/t11-/m0/s1. The summed E-state index contributed by atoms with van der Waals surface area (Å²) in [6.45, 7) is 5.81. The molecule has 1 aromatic carbocycles. The van der Waals surface area contributed by atoms with Crippen molar-refractivity contribution in [3.05, 3.63) is 52.4 Å². The van der Waals surface area contributed by atoms with Crippen molar-refractivity contribution in [2.24, 2.45) is 5.73 Å². The highest BCUT2D eigenvalue weighted by Crippen LogP contribution is 2.28. The van der Waals surface area contributed by atoms with Gasteiger partial charge >= 0.3 is 0 Å². The lowest BCUT2D eigenvalue weighted by Crippen LogP contribution is -2.21. The van der Waals surface area contributed by atoms with Gasteiger partial charge in [-0.1, -0.05) is 22.0 Å². The minimum absolute atomic E-state index is 0.0311. The molecule has 0 radical (unpaired) electrons. The second kappa shape index (κ2) is 6.26. The molecule has 3 nitrogen and oxygen atoms in total. The van der Waals surface area contributed by atoms with Gasteiger partial charge in [-0.3, -0.25) is 0 Å². The Labute approximate surface area is 122 Å². The first kappa shape index (κ1) is 14.2. The molecule has 0 saturated carbocycles. The highest BCUT2D eigenvalue weighted by molar-refractivity contribution is 9.10. The monoisotopic (exact) mass is 322 g/mol. The SMILES string of the molecule is CCN(Cc1ccco1)c1ccc([C@H](C)N)c(Br)c1. The molecule has 102 valence electrons. The zero-order valence-electron chi connectivity index (χ0n) is 11.3. The van der Waals surface area contributed by atoms with Gasteiger partial charge in [-0.05, 0) is 43.7 Å². The smallest absolute Gasteiger partial charge is 0.123 e.